The minimum absolute atomic E-state index is 0.189. The lowest BCUT2D eigenvalue weighted by Gasteiger charge is -2.24. The number of aromatic nitrogens is 1. The van der Waals surface area contributed by atoms with E-state index < -0.39 is 6.04 Å². The van der Waals surface area contributed by atoms with Gasteiger partial charge in [0.15, 0.2) is 0 Å². The number of nitrogens with zero attached hydrogens (tertiary/aromatic N) is 2. The van der Waals surface area contributed by atoms with Crippen molar-refractivity contribution in [1.82, 2.24) is 9.88 Å². The summed E-state index contributed by atoms with van der Waals surface area (Å²) in [5, 5.41) is 0. The summed E-state index contributed by atoms with van der Waals surface area (Å²) < 4.78 is 5.49. The Morgan fingerprint density at radius 1 is 1.26 bits per heavy atom. The molecule has 1 aromatic heterocycles. The summed E-state index contributed by atoms with van der Waals surface area (Å²) in [7, 11) is 0. The maximum Gasteiger partial charge on any atom is 0.328 e. The van der Waals surface area contributed by atoms with Gasteiger partial charge in [0.05, 0.1) is 6.61 Å². The molecule has 0 aromatic carbocycles. The number of carbonyl (C=O) groups is 2. The van der Waals surface area contributed by atoms with E-state index in [4.69, 9.17) is 4.74 Å². The zero-order valence-corrected chi connectivity index (χ0v) is 13.2. The number of hydrogen-bond donors (Lipinski definition) is 0. The van der Waals surface area contributed by atoms with Gasteiger partial charge in [-0.25, -0.2) is 4.79 Å². The van der Waals surface area contributed by atoms with Crippen LogP contribution in [-0.4, -0.2) is 41.0 Å². The summed E-state index contributed by atoms with van der Waals surface area (Å²) in [5.74, 6) is -0.0581. The first-order valence-corrected chi connectivity index (χ1v) is 8.29. The zero-order valence-electron chi connectivity index (χ0n) is 13.2. The molecule has 1 saturated heterocycles. The van der Waals surface area contributed by atoms with Crippen LogP contribution in [-0.2, 0) is 9.53 Å². The lowest BCUT2D eigenvalue weighted by atomic mass is 9.95. The van der Waals surface area contributed by atoms with E-state index in [1.807, 2.05) is 0 Å². The maximum absolute atomic E-state index is 12.5. The van der Waals surface area contributed by atoms with Crippen LogP contribution in [0.4, 0.5) is 0 Å². The predicted molar refractivity (Wildman–Crippen MR) is 85.7 cm³/mol. The molecule has 0 N–H and O–H groups in total. The molecule has 1 fully saturated rings. The van der Waals surface area contributed by atoms with E-state index in [-0.39, 0.29) is 11.9 Å². The van der Waals surface area contributed by atoms with Gasteiger partial charge in [-0.2, -0.15) is 0 Å². The summed E-state index contributed by atoms with van der Waals surface area (Å²) >= 11 is 0. The second kappa shape index (κ2) is 7.40. The molecule has 1 aliphatic carbocycles. The largest absolute Gasteiger partial charge is 0.464 e. The normalized spacial score (nSPS) is 23.7. The molecule has 3 rings (SSSR count). The number of rotatable bonds is 4. The highest BCUT2D eigenvalue weighted by Crippen LogP contribution is 2.23. The van der Waals surface area contributed by atoms with Gasteiger partial charge in [0.1, 0.15) is 11.7 Å². The second-order valence-electron chi connectivity index (χ2n) is 6.15. The van der Waals surface area contributed by atoms with E-state index in [9.17, 15) is 9.59 Å². The Balaban J connectivity index is 1.58. The standard InChI is InChI=1S/C18H22N2O3/c21-17(15-9-4-5-11-19-15)20-12-6-10-16(20)18(22)23-13-14-7-2-1-3-8-14/h1-2,4-5,9,11,14,16H,3,6-8,10,12-13H2/t14?,16-/m0/s1. The molecule has 1 unspecified atom stereocenters. The van der Waals surface area contributed by atoms with Gasteiger partial charge >= 0.3 is 5.97 Å². The first-order valence-electron chi connectivity index (χ1n) is 8.29. The molecule has 0 saturated carbocycles. The highest BCUT2D eigenvalue weighted by Gasteiger charge is 2.36. The SMILES string of the molecule is O=C(OCC1CC=CCC1)[C@@H]1CCCN1C(=O)c1ccccn1. The van der Waals surface area contributed by atoms with Gasteiger partial charge in [0, 0.05) is 12.7 Å². The van der Waals surface area contributed by atoms with Crippen LogP contribution >= 0.6 is 0 Å². The number of allylic oxidation sites excluding steroid dienone is 2. The van der Waals surface area contributed by atoms with Crippen molar-refractivity contribution in [3.63, 3.8) is 0 Å². The van der Waals surface area contributed by atoms with Crippen molar-refractivity contribution in [3.8, 4) is 0 Å². The lowest BCUT2D eigenvalue weighted by molar-refractivity contribution is -0.149. The topological polar surface area (TPSA) is 59.5 Å². The molecule has 2 aliphatic rings. The van der Waals surface area contributed by atoms with E-state index in [0.717, 1.165) is 25.7 Å². The van der Waals surface area contributed by atoms with Crippen LogP contribution in [0, 0.1) is 5.92 Å². The third-order valence-corrected chi connectivity index (χ3v) is 4.51. The highest BCUT2D eigenvalue weighted by molar-refractivity contribution is 5.95. The molecule has 0 bridgehead atoms. The van der Waals surface area contributed by atoms with Gasteiger partial charge in [-0.15, -0.1) is 0 Å². The lowest BCUT2D eigenvalue weighted by Crippen LogP contribution is -2.42. The molecule has 1 aliphatic heterocycles. The maximum atomic E-state index is 12.5. The van der Waals surface area contributed by atoms with Crippen LogP contribution in [0.25, 0.3) is 0 Å². The van der Waals surface area contributed by atoms with Gasteiger partial charge < -0.3 is 9.64 Å². The smallest absolute Gasteiger partial charge is 0.328 e. The number of esters is 1. The van der Waals surface area contributed by atoms with Crippen molar-refractivity contribution in [2.45, 2.75) is 38.1 Å². The molecule has 2 heterocycles. The molecular formula is C18H22N2O3. The van der Waals surface area contributed by atoms with Crippen LogP contribution in [0.15, 0.2) is 36.5 Å². The van der Waals surface area contributed by atoms with Crippen molar-refractivity contribution in [3.05, 3.63) is 42.2 Å². The Bertz CT molecular complexity index is 585. The van der Waals surface area contributed by atoms with Gasteiger partial charge in [-0.3, -0.25) is 9.78 Å². The fourth-order valence-electron chi connectivity index (χ4n) is 3.20. The Morgan fingerprint density at radius 2 is 2.17 bits per heavy atom. The van der Waals surface area contributed by atoms with Crippen LogP contribution in [0.5, 0.6) is 0 Å². The summed E-state index contributed by atoms with van der Waals surface area (Å²) in [6.07, 6.45) is 10.5. The van der Waals surface area contributed by atoms with E-state index in [0.29, 0.717) is 31.2 Å². The van der Waals surface area contributed by atoms with Crippen molar-refractivity contribution < 1.29 is 14.3 Å². The van der Waals surface area contributed by atoms with Crippen molar-refractivity contribution in [2.24, 2.45) is 5.92 Å². The fourth-order valence-corrected chi connectivity index (χ4v) is 3.20. The van der Waals surface area contributed by atoms with Crippen LogP contribution in [0.1, 0.15) is 42.6 Å². The first kappa shape index (κ1) is 15.7. The van der Waals surface area contributed by atoms with Gasteiger partial charge in [-0.1, -0.05) is 18.2 Å². The minimum Gasteiger partial charge on any atom is -0.464 e. The summed E-state index contributed by atoms with van der Waals surface area (Å²) in [6, 6.07) is 4.76. The zero-order chi connectivity index (χ0) is 16.1. The van der Waals surface area contributed by atoms with Crippen LogP contribution < -0.4 is 0 Å². The monoisotopic (exact) mass is 314 g/mol. The third-order valence-electron chi connectivity index (χ3n) is 4.51. The van der Waals surface area contributed by atoms with Crippen LogP contribution in [0.2, 0.25) is 0 Å². The number of hydrogen-bond acceptors (Lipinski definition) is 4. The van der Waals surface area contributed by atoms with Gasteiger partial charge in [0.2, 0.25) is 0 Å². The van der Waals surface area contributed by atoms with Gasteiger partial charge in [0.25, 0.3) is 5.91 Å². The molecule has 1 amide bonds. The Kier molecular flexibility index (Phi) is 5.05. The molecule has 0 radical (unpaired) electrons. The fraction of sp³-hybridized carbons (Fsp3) is 0.500. The number of ether oxygens (including phenoxy) is 1. The summed E-state index contributed by atoms with van der Waals surface area (Å²) in [5.41, 5.74) is 0.379. The number of likely N-dealkylation sites (tertiary alicyclic amines) is 1. The molecule has 2 atom stereocenters. The Morgan fingerprint density at radius 3 is 2.91 bits per heavy atom. The molecule has 1 aromatic rings. The number of amides is 1. The minimum atomic E-state index is -0.469. The number of pyridine rings is 1. The van der Waals surface area contributed by atoms with E-state index >= 15 is 0 Å². The van der Waals surface area contributed by atoms with Crippen molar-refractivity contribution >= 4 is 11.9 Å². The Labute approximate surface area is 136 Å². The second-order valence-corrected chi connectivity index (χ2v) is 6.15. The third kappa shape index (κ3) is 3.78. The average molecular weight is 314 g/mol. The average Bonchev–Trinajstić information content (AvgIpc) is 3.10. The van der Waals surface area contributed by atoms with Crippen molar-refractivity contribution in [2.75, 3.05) is 13.2 Å². The van der Waals surface area contributed by atoms with Gasteiger partial charge in [-0.05, 0) is 50.2 Å². The molecule has 23 heavy (non-hydrogen) atoms. The number of carbonyl (C=O) groups excluding carboxylic acids is 2. The predicted octanol–water partition coefficient (Wildman–Crippen LogP) is 2.59. The molecule has 0 spiro atoms. The van der Waals surface area contributed by atoms with E-state index in [2.05, 4.69) is 17.1 Å². The molecule has 5 heteroatoms. The van der Waals surface area contributed by atoms with Crippen molar-refractivity contribution in [1.29, 1.82) is 0 Å². The quantitative estimate of drug-likeness (QED) is 0.633. The van der Waals surface area contributed by atoms with E-state index in [1.54, 1.807) is 29.3 Å². The molecule has 5 nitrogen and oxygen atoms in total. The Hall–Kier alpha value is -2.17. The van der Waals surface area contributed by atoms with Crippen LogP contribution in [0.3, 0.4) is 0 Å². The summed E-state index contributed by atoms with van der Waals surface area (Å²) in [6.45, 7) is 1.03. The molecule has 122 valence electrons. The highest BCUT2D eigenvalue weighted by atomic mass is 16.5. The molecular weight excluding hydrogens is 292 g/mol. The summed E-state index contributed by atoms with van der Waals surface area (Å²) in [4.78, 5) is 30.6. The first-order chi connectivity index (χ1) is 11.3. The van der Waals surface area contributed by atoms with E-state index in [1.165, 1.54) is 0 Å².